The van der Waals surface area contributed by atoms with Crippen molar-refractivity contribution in [2.24, 2.45) is 5.92 Å². The summed E-state index contributed by atoms with van der Waals surface area (Å²) < 4.78 is 40.2. The third kappa shape index (κ3) is 4.68. The van der Waals surface area contributed by atoms with Crippen molar-refractivity contribution >= 4 is 27.3 Å². The second-order valence-electron chi connectivity index (χ2n) is 6.74. The van der Waals surface area contributed by atoms with Crippen molar-refractivity contribution in [3.05, 3.63) is 65.1 Å². The summed E-state index contributed by atoms with van der Waals surface area (Å²) >= 11 is 1.58. The van der Waals surface area contributed by atoms with E-state index in [1.807, 2.05) is 17.5 Å². The van der Waals surface area contributed by atoms with Crippen LogP contribution in [0.15, 0.2) is 59.3 Å². The minimum absolute atomic E-state index is 0.0449. The van der Waals surface area contributed by atoms with Crippen molar-refractivity contribution in [3.8, 4) is 0 Å². The Morgan fingerprint density at radius 1 is 1.32 bits per heavy atom. The first-order chi connectivity index (χ1) is 13.4. The molecule has 2 heterocycles. The molecule has 0 aliphatic carbocycles. The minimum Gasteiger partial charge on any atom is -0.334 e. The van der Waals surface area contributed by atoms with Crippen LogP contribution in [0.1, 0.15) is 17.7 Å². The molecule has 5 nitrogen and oxygen atoms in total. The lowest BCUT2D eigenvalue weighted by atomic mass is 9.98. The van der Waals surface area contributed by atoms with E-state index in [4.69, 9.17) is 0 Å². The molecule has 150 valence electrons. The molecule has 1 aromatic carbocycles. The van der Waals surface area contributed by atoms with Gasteiger partial charge >= 0.3 is 0 Å². The molecule has 28 heavy (non-hydrogen) atoms. The van der Waals surface area contributed by atoms with Crippen molar-refractivity contribution in [2.75, 3.05) is 19.6 Å². The predicted octanol–water partition coefficient (Wildman–Crippen LogP) is 3.50. The number of hydrogen-bond donors (Lipinski definition) is 0. The quantitative estimate of drug-likeness (QED) is 0.642. The molecule has 1 fully saturated rings. The van der Waals surface area contributed by atoms with Gasteiger partial charge in [-0.15, -0.1) is 17.9 Å². The second-order valence-corrected chi connectivity index (χ2v) is 9.71. The Balaban J connectivity index is 1.74. The number of benzene rings is 1. The molecule has 0 spiro atoms. The number of halogens is 1. The van der Waals surface area contributed by atoms with Crippen LogP contribution in [0.4, 0.5) is 4.39 Å². The van der Waals surface area contributed by atoms with E-state index in [9.17, 15) is 17.6 Å². The van der Waals surface area contributed by atoms with E-state index in [0.29, 0.717) is 32.5 Å². The number of rotatable bonds is 7. The molecular weight excluding hydrogens is 399 g/mol. The van der Waals surface area contributed by atoms with Gasteiger partial charge in [-0.1, -0.05) is 12.1 Å². The Bertz CT molecular complexity index is 911. The number of carbonyl (C=O) groups is 1. The monoisotopic (exact) mass is 422 g/mol. The van der Waals surface area contributed by atoms with Gasteiger partial charge in [-0.2, -0.15) is 4.31 Å². The first kappa shape index (κ1) is 20.7. The summed E-state index contributed by atoms with van der Waals surface area (Å²) in [7, 11) is -3.76. The standard InChI is InChI=1S/C20H23FN2O3S2/c1-2-11-22(15-18-6-4-13-27-18)20(24)16-5-3-12-23(14-16)28(25,26)19-9-7-17(21)8-10-19/h2,4,6-10,13,16H,1,3,5,11-12,14-15H2/t16-/m1/s1. The Hall–Kier alpha value is -2.03. The van der Waals surface area contributed by atoms with Crippen molar-refractivity contribution in [1.29, 1.82) is 0 Å². The Morgan fingerprint density at radius 2 is 2.07 bits per heavy atom. The molecule has 1 aliphatic heterocycles. The van der Waals surface area contributed by atoms with Crippen LogP contribution in [-0.4, -0.2) is 43.2 Å². The van der Waals surface area contributed by atoms with E-state index in [1.165, 1.54) is 16.4 Å². The molecule has 1 aliphatic rings. The molecule has 1 atom stereocenters. The summed E-state index contributed by atoms with van der Waals surface area (Å²) in [4.78, 5) is 15.9. The zero-order valence-electron chi connectivity index (χ0n) is 15.5. The molecule has 0 saturated carbocycles. The first-order valence-corrected chi connectivity index (χ1v) is 11.4. The van der Waals surface area contributed by atoms with E-state index in [0.717, 1.165) is 17.0 Å². The second kappa shape index (κ2) is 8.98. The van der Waals surface area contributed by atoms with Gasteiger partial charge in [0, 0.05) is 24.5 Å². The smallest absolute Gasteiger partial charge is 0.243 e. The van der Waals surface area contributed by atoms with Crippen LogP contribution in [0.5, 0.6) is 0 Å². The minimum atomic E-state index is -3.76. The maximum Gasteiger partial charge on any atom is 0.243 e. The maximum atomic E-state index is 13.1. The maximum absolute atomic E-state index is 13.1. The van der Waals surface area contributed by atoms with Crippen LogP contribution in [0.25, 0.3) is 0 Å². The number of piperidine rings is 1. The molecule has 1 amide bonds. The average molecular weight is 423 g/mol. The van der Waals surface area contributed by atoms with Gasteiger partial charge in [-0.3, -0.25) is 4.79 Å². The Labute approximate surface area is 169 Å². The van der Waals surface area contributed by atoms with Crippen LogP contribution in [0.3, 0.4) is 0 Å². The van der Waals surface area contributed by atoms with Crippen molar-refractivity contribution in [2.45, 2.75) is 24.3 Å². The van der Waals surface area contributed by atoms with Crippen LogP contribution < -0.4 is 0 Å². The lowest BCUT2D eigenvalue weighted by Gasteiger charge is -2.34. The summed E-state index contributed by atoms with van der Waals surface area (Å²) in [5.41, 5.74) is 0. The topological polar surface area (TPSA) is 57.7 Å². The molecule has 3 rings (SSSR count). The molecule has 0 unspecified atom stereocenters. The molecule has 8 heteroatoms. The zero-order chi connectivity index (χ0) is 20.1. The molecule has 0 radical (unpaired) electrons. The number of nitrogens with zero attached hydrogens (tertiary/aromatic N) is 2. The summed E-state index contributed by atoms with van der Waals surface area (Å²) in [6, 6.07) is 8.70. The summed E-state index contributed by atoms with van der Waals surface area (Å²) in [6.45, 7) is 5.13. The normalized spacial score (nSPS) is 18.0. The van der Waals surface area contributed by atoms with Gasteiger partial charge in [0.1, 0.15) is 5.82 Å². The first-order valence-electron chi connectivity index (χ1n) is 9.09. The third-order valence-electron chi connectivity index (χ3n) is 4.77. The van der Waals surface area contributed by atoms with Crippen LogP contribution >= 0.6 is 11.3 Å². The zero-order valence-corrected chi connectivity index (χ0v) is 17.1. The molecule has 1 saturated heterocycles. The average Bonchev–Trinajstić information content (AvgIpc) is 3.21. The number of carbonyl (C=O) groups excluding carboxylic acids is 1. The predicted molar refractivity (Wildman–Crippen MR) is 108 cm³/mol. The van der Waals surface area contributed by atoms with E-state index in [1.54, 1.807) is 22.3 Å². The SMILES string of the molecule is C=CCN(Cc1cccs1)C(=O)[C@@H]1CCCN(S(=O)(=O)c2ccc(F)cc2)C1. The summed E-state index contributed by atoms with van der Waals surface area (Å²) in [6.07, 6.45) is 2.94. The van der Waals surface area contributed by atoms with Crippen molar-refractivity contribution in [1.82, 2.24) is 9.21 Å². The fraction of sp³-hybridized carbons (Fsp3) is 0.350. The van der Waals surface area contributed by atoms with Gasteiger partial charge < -0.3 is 4.90 Å². The largest absolute Gasteiger partial charge is 0.334 e. The van der Waals surface area contributed by atoms with E-state index < -0.39 is 21.8 Å². The lowest BCUT2D eigenvalue weighted by molar-refractivity contribution is -0.136. The fourth-order valence-corrected chi connectivity index (χ4v) is 5.60. The molecule has 0 N–H and O–H groups in total. The highest BCUT2D eigenvalue weighted by Crippen LogP contribution is 2.26. The van der Waals surface area contributed by atoms with Gasteiger partial charge in [0.15, 0.2) is 0 Å². The van der Waals surface area contributed by atoms with E-state index in [-0.39, 0.29) is 17.3 Å². The number of sulfonamides is 1. The lowest BCUT2D eigenvalue weighted by Crippen LogP contribution is -2.46. The van der Waals surface area contributed by atoms with Crippen molar-refractivity contribution < 1.29 is 17.6 Å². The summed E-state index contributed by atoms with van der Waals surface area (Å²) in [5, 5.41) is 1.96. The fourth-order valence-electron chi connectivity index (χ4n) is 3.36. The van der Waals surface area contributed by atoms with Gasteiger partial charge in [0.25, 0.3) is 0 Å². The highest BCUT2D eigenvalue weighted by Gasteiger charge is 2.35. The number of hydrogen-bond acceptors (Lipinski definition) is 4. The Kier molecular flexibility index (Phi) is 6.64. The van der Waals surface area contributed by atoms with Crippen molar-refractivity contribution in [3.63, 3.8) is 0 Å². The number of amides is 1. The van der Waals surface area contributed by atoms with Crippen LogP contribution in [-0.2, 0) is 21.4 Å². The third-order valence-corrected chi connectivity index (χ3v) is 7.51. The van der Waals surface area contributed by atoms with Gasteiger partial charge in [0.2, 0.25) is 15.9 Å². The molecule has 2 aromatic rings. The van der Waals surface area contributed by atoms with Crippen LogP contribution in [0.2, 0.25) is 0 Å². The van der Waals surface area contributed by atoms with Gasteiger partial charge in [-0.25, -0.2) is 12.8 Å². The van der Waals surface area contributed by atoms with Gasteiger partial charge in [-0.05, 0) is 48.6 Å². The number of thiophene rings is 1. The molecular formula is C20H23FN2O3S2. The molecule has 1 aromatic heterocycles. The van der Waals surface area contributed by atoms with Gasteiger partial charge in [0.05, 0.1) is 17.4 Å². The highest BCUT2D eigenvalue weighted by atomic mass is 32.2. The van der Waals surface area contributed by atoms with E-state index >= 15 is 0 Å². The van der Waals surface area contributed by atoms with Crippen LogP contribution in [0, 0.1) is 11.7 Å². The molecule has 0 bridgehead atoms. The summed E-state index contributed by atoms with van der Waals surface area (Å²) in [5.74, 6) is -0.949. The highest BCUT2D eigenvalue weighted by molar-refractivity contribution is 7.89. The Morgan fingerprint density at radius 3 is 2.71 bits per heavy atom. The van der Waals surface area contributed by atoms with E-state index in [2.05, 4.69) is 6.58 Å².